The number of hydrogen-bond acceptors (Lipinski definition) is 11. The summed E-state index contributed by atoms with van der Waals surface area (Å²) in [4.78, 5) is 69.6. The van der Waals surface area contributed by atoms with Crippen molar-refractivity contribution in [1.82, 2.24) is 9.80 Å². The number of ether oxygens (including phenoxy) is 1. The Morgan fingerprint density at radius 2 is 1.76 bits per heavy atom. The highest BCUT2D eigenvalue weighted by Crippen LogP contribution is 2.54. The van der Waals surface area contributed by atoms with Gasteiger partial charge in [0.25, 0.3) is 0 Å². The Bertz CT molecular complexity index is 1200. The van der Waals surface area contributed by atoms with Crippen LogP contribution in [0.4, 0.5) is 0 Å². The molecule has 0 aliphatic heterocycles. The number of rotatable bonds is 7. The van der Waals surface area contributed by atoms with Crippen LogP contribution in [-0.4, -0.2) is 120 Å². The second-order valence-corrected chi connectivity index (χ2v) is 10.8. The van der Waals surface area contributed by atoms with Crippen molar-refractivity contribution in [3.05, 3.63) is 29.3 Å². The monoisotopic (exact) mass is 531 g/mol. The number of carbonyl (C=O) groups is 5. The van der Waals surface area contributed by atoms with Crippen molar-refractivity contribution in [2.75, 3.05) is 47.9 Å². The molecule has 12 nitrogen and oxygen atoms in total. The van der Waals surface area contributed by atoms with Crippen molar-refractivity contribution in [1.29, 1.82) is 0 Å². The maximum Gasteiger partial charge on any atom is 0.235 e. The van der Waals surface area contributed by atoms with E-state index < -0.39 is 82.1 Å². The van der Waals surface area contributed by atoms with Crippen LogP contribution in [0.2, 0.25) is 0 Å². The normalized spacial score (nSPS) is 34.8. The number of likely N-dealkylation sites (N-methyl/N-ethyl adjacent to an activating group) is 2. The molecule has 4 rings (SSSR count). The van der Waals surface area contributed by atoms with Crippen LogP contribution in [0.3, 0.4) is 0 Å². The third-order valence-electron chi connectivity index (χ3n) is 8.13. The van der Waals surface area contributed by atoms with Crippen molar-refractivity contribution >= 4 is 29.0 Å². The summed E-state index contributed by atoms with van der Waals surface area (Å²) in [6.07, 6.45) is -1.71. The second-order valence-electron chi connectivity index (χ2n) is 10.8. The van der Waals surface area contributed by atoms with Crippen LogP contribution in [0.1, 0.15) is 21.8 Å². The number of ketones is 4. The van der Waals surface area contributed by atoms with Crippen LogP contribution >= 0.6 is 0 Å². The average Bonchev–Trinajstić information content (AvgIpc) is 2.82. The second kappa shape index (κ2) is 9.93. The van der Waals surface area contributed by atoms with E-state index in [2.05, 4.69) is 0 Å². The molecule has 2 saturated carbocycles. The summed E-state index contributed by atoms with van der Waals surface area (Å²) in [6, 6.07) is 2.96. The lowest BCUT2D eigenvalue weighted by molar-refractivity contribution is -0.197. The Morgan fingerprint density at radius 1 is 1.11 bits per heavy atom. The molecule has 38 heavy (non-hydrogen) atoms. The van der Waals surface area contributed by atoms with Crippen LogP contribution in [-0.2, 0) is 23.9 Å². The van der Waals surface area contributed by atoms with Gasteiger partial charge in [-0.1, -0.05) is 12.1 Å². The number of phenols is 1. The van der Waals surface area contributed by atoms with Gasteiger partial charge in [0.05, 0.1) is 42.8 Å². The first-order valence-electron chi connectivity index (χ1n) is 12.3. The highest BCUT2D eigenvalue weighted by atomic mass is 16.5. The molecule has 1 amide bonds. The van der Waals surface area contributed by atoms with Gasteiger partial charge in [-0.05, 0) is 39.8 Å². The first-order valence-corrected chi connectivity index (χ1v) is 12.3. The van der Waals surface area contributed by atoms with Crippen molar-refractivity contribution in [2.45, 2.75) is 23.7 Å². The maximum atomic E-state index is 14.0. The molecule has 1 aromatic rings. The van der Waals surface area contributed by atoms with Gasteiger partial charge in [-0.2, -0.15) is 0 Å². The Kier molecular flexibility index (Phi) is 7.32. The van der Waals surface area contributed by atoms with Gasteiger partial charge >= 0.3 is 0 Å². The number of hydrogen-bond donors (Lipinski definition) is 4. The average molecular weight is 532 g/mol. The first kappa shape index (κ1) is 28.0. The van der Waals surface area contributed by atoms with E-state index in [9.17, 15) is 39.3 Å². The topological polar surface area (TPSA) is 188 Å². The molecular weight excluding hydrogens is 498 g/mol. The molecule has 12 heteroatoms. The zero-order valence-corrected chi connectivity index (χ0v) is 21.7. The van der Waals surface area contributed by atoms with Gasteiger partial charge in [0.15, 0.2) is 34.7 Å². The highest BCUT2D eigenvalue weighted by Gasteiger charge is 2.73. The Labute approximate surface area is 219 Å². The largest absolute Gasteiger partial charge is 0.507 e. The number of nitrogens with two attached hydrogens (primary N) is 1. The van der Waals surface area contributed by atoms with E-state index in [1.54, 1.807) is 6.07 Å². The molecule has 3 aliphatic rings. The van der Waals surface area contributed by atoms with Gasteiger partial charge in [0.2, 0.25) is 5.91 Å². The standard InChI is InChI=1S/C26H33N3O9/c1-28(2)8-9-38-10-12-11-6-5-7-13(30)14(11)20(31)16-15(12)21(32)18-19(29(3)4)22(33)17(25(27)36)24(35)26(18,37)23(16)34/h5-7,12,15-19,21,30,32,37H,8-10H2,1-4H3,(H2,27,36). The minimum absolute atomic E-state index is 0.0489. The van der Waals surface area contributed by atoms with Gasteiger partial charge < -0.3 is 30.7 Å². The fraction of sp³-hybridized carbons (Fsp3) is 0.577. The summed E-state index contributed by atoms with van der Waals surface area (Å²) in [7, 11) is 6.60. The number of carbonyl (C=O) groups excluding carboxylic acids is 5. The predicted molar refractivity (Wildman–Crippen MR) is 131 cm³/mol. The molecule has 0 saturated heterocycles. The number of nitrogens with zero attached hydrogens (tertiary/aromatic N) is 2. The van der Waals surface area contributed by atoms with Gasteiger partial charge in [-0.25, -0.2) is 0 Å². The number of phenolic OH excluding ortho intramolecular Hbond substituents is 1. The number of aliphatic hydroxyl groups is 2. The van der Waals surface area contributed by atoms with Crippen LogP contribution in [0.5, 0.6) is 5.75 Å². The number of amides is 1. The van der Waals surface area contributed by atoms with E-state index >= 15 is 0 Å². The van der Waals surface area contributed by atoms with Gasteiger partial charge in [-0.15, -0.1) is 0 Å². The Balaban J connectivity index is 1.89. The molecule has 1 aromatic carbocycles. The van der Waals surface area contributed by atoms with Crippen LogP contribution in [0, 0.1) is 23.7 Å². The summed E-state index contributed by atoms with van der Waals surface area (Å²) < 4.78 is 5.85. The molecule has 8 atom stereocenters. The maximum absolute atomic E-state index is 14.0. The molecular formula is C26H33N3O9. The van der Waals surface area contributed by atoms with E-state index in [1.807, 2.05) is 19.0 Å². The number of Topliss-reactive ketones (excluding diaryl/α,β-unsaturated/α-hetero) is 4. The number of benzene rings is 1. The summed E-state index contributed by atoms with van der Waals surface area (Å²) in [6.45, 7) is 0.807. The molecule has 0 heterocycles. The summed E-state index contributed by atoms with van der Waals surface area (Å²) >= 11 is 0. The molecule has 206 valence electrons. The molecule has 0 radical (unpaired) electrons. The van der Waals surface area contributed by atoms with E-state index in [4.69, 9.17) is 10.5 Å². The van der Waals surface area contributed by atoms with E-state index in [-0.39, 0.29) is 18.8 Å². The van der Waals surface area contributed by atoms with Crippen LogP contribution in [0.25, 0.3) is 0 Å². The number of aromatic hydroxyl groups is 1. The summed E-state index contributed by atoms with van der Waals surface area (Å²) in [5.74, 6) is -13.7. The third-order valence-corrected chi connectivity index (χ3v) is 8.13. The van der Waals surface area contributed by atoms with Gasteiger partial charge in [0, 0.05) is 18.4 Å². The van der Waals surface area contributed by atoms with Crippen molar-refractivity contribution in [3.63, 3.8) is 0 Å². The lowest BCUT2D eigenvalue weighted by atomic mass is 9.49. The fourth-order valence-electron chi connectivity index (χ4n) is 6.42. The SMILES string of the molecule is CN(C)CCOCC1c2cccc(O)c2C(=O)C2C(=O)C3(O)C(=O)C(C(N)=O)C(=O)C(N(C)C)C3C(O)C21. The van der Waals surface area contributed by atoms with Crippen molar-refractivity contribution in [3.8, 4) is 5.75 Å². The van der Waals surface area contributed by atoms with Gasteiger partial charge in [0.1, 0.15) is 5.75 Å². The molecule has 0 bridgehead atoms. The van der Waals surface area contributed by atoms with E-state index in [1.165, 1.54) is 31.1 Å². The Morgan fingerprint density at radius 3 is 2.34 bits per heavy atom. The molecule has 8 unspecified atom stereocenters. The number of aliphatic hydroxyl groups excluding tert-OH is 1. The first-order chi connectivity index (χ1) is 17.8. The molecule has 2 fully saturated rings. The molecule has 3 aliphatic carbocycles. The quantitative estimate of drug-likeness (QED) is 0.224. The lowest BCUT2D eigenvalue weighted by Crippen LogP contribution is -2.77. The van der Waals surface area contributed by atoms with Crippen LogP contribution < -0.4 is 5.73 Å². The molecule has 0 aromatic heterocycles. The van der Waals surface area contributed by atoms with Crippen LogP contribution in [0.15, 0.2) is 18.2 Å². The Hall–Kier alpha value is -3.03. The summed E-state index contributed by atoms with van der Waals surface area (Å²) in [5, 5.41) is 34.0. The minimum Gasteiger partial charge on any atom is -0.507 e. The summed E-state index contributed by atoms with van der Waals surface area (Å²) in [5.41, 5.74) is 2.48. The number of primary amides is 1. The van der Waals surface area contributed by atoms with E-state index in [0.717, 1.165) is 0 Å². The highest BCUT2D eigenvalue weighted by molar-refractivity contribution is 6.32. The zero-order valence-electron chi connectivity index (χ0n) is 21.7. The zero-order chi connectivity index (χ0) is 28.3. The minimum atomic E-state index is -3.03. The molecule has 0 spiro atoms. The fourth-order valence-corrected chi connectivity index (χ4v) is 6.42. The predicted octanol–water partition coefficient (Wildman–Crippen LogP) is -2.04. The van der Waals surface area contributed by atoms with Crippen molar-refractivity contribution in [2.24, 2.45) is 29.4 Å². The third kappa shape index (κ3) is 3.98. The van der Waals surface area contributed by atoms with E-state index in [0.29, 0.717) is 12.1 Å². The van der Waals surface area contributed by atoms with Crippen molar-refractivity contribution < 1.29 is 44.0 Å². The lowest BCUT2D eigenvalue weighted by Gasteiger charge is -2.56. The van der Waals surface area contributed by atoms with Gasteiger partial charge in [-0.3, -0.25) is 28.9 Å². The molecule has 5 N–H and O–H groups in total. The number of fused-ring (bicyclic) bond motifs is 3. The smallest absolute Gasteiger partial charge is 0.235 e.